The van der Waals surface area contributed by atoms with Gasteiger partial charge in [0.25, 0.3) is 5.56 Å². The topological polar surface area (TPSA) is 58.9 Å². The Labute approximate surface area is 117 Å². The molecular weight excluding hydrogens is 252 g/mol. The minimum Gasteiger partial charge on any atom is -0.458 e. The summed E-state index contributed by atoms with van der Waals surface area (Å²) in [6, 6.07) is 3.94. The van der Waals surface area contributed by atoms with Crippen molar-refractivity contribution in [2.24, 2.45) is 5.92 Å². The summed E-state index contributed by atoms with van der Waals surface area (Å²) in [5, 5.41) is 0. The van der Waals surface area contributed by atoms with Crippen LogP contribution in [0.1, 0.15) is 49.1 Å². The molecule has 4 rings (SSSR count). The smallest absolute Gasteiger partial charge is 0.254 e. The van der Waals surface area contributed by atoms with E-state index in [4.69, 9.17) is 4.42 Å². The lowest BCUT2D eigenvalue weighted by Gasteiger charge is -2.13. The maximum Gasteiger partial charge on any atom is 0.254 e. The van der Waals surface area contributed by atoms with Gasteiger partial charge in [0.2, 0.25) is 0 Å². The molecule has 0 aliphatic heterocycles. The van der Waals surface area contributed by atoms with Crippen LogP contribution in [0.3, 0.4) is 0 Å². The Bertz CT molecular complexity index is 714. The molecule has 2 atom stereocenters. The Morgan fingerprint density at radius 3 is 2.90 bits per heavy atom. The van der Waals surface area contributed by atoms with E-state index in [1.807, 2.05) is 12.1 Å². The molecule has 20 heavy (non-hydrogen) atoms. The van der Waals surface area contributed by atoms with Gasteiger partial charge < -0.3 is 9.40 Å². The van der Waals surface area contributed by atoms with Crippen molar-refractivity contribution in [3.05, 3.63) is 39.5 Å². The molecule has 1 N–H and O–H groups in total. The van der Waals surface area contributed by atoms with E-state index >= 15 is 0 Å². The summed E-state index contributed by atoms with van der Waals surface area (Å²) in [7, 11) is 0. The van der Waals surface area contributed by atoms with Crippen molar-refractivity contribution in [3.8, 4) is 11.6 Å². The van der Waals surface area contributed by atoms with Gasteiger partial charge in [0.05, 0.1) is 5.69 Å². The quantitative estimate of drug-likeness (QED) is 0.912. The average Bonchev–Trinajstić information content (AvgIpc) is 3.00. The number of aromatic amines is 1. The number of nitrogens with one attached hydrogen (secondary N) is 1. The van der Waals surface area contributed by atoms with Gasteiger partial charge in [-0.05, 0) is 50.2 Å². The molecule has 1 saturated carbocycles. The van der Waals surface area contributed by atoms with E-state index in [0.717, 1.165) is 42.7 Å². The van der Waals surface area contributed by atoms with Crippen molar-refractivity contribution in [2.45, 2.75) is 44.9 Å². The zero-order valence-electron chi connectivity index (χ0n) is 11.6. The molecule has 4 nitrogen and oxygen atoms in total. The fourth-order valence-electron chi connectivity index (χ4n) is 3.12. The molecule has 1 fully saturated rings. The van der Waals surface area contributed by atoms with Crippen LogP contribution in [0.2, 0.25) is 0 Å². The first-order valence-corrected chi connectivity index (χ1v) is 7.44. The van der Waals surface area contributed by atoms with Gasteiger partial charge in [-0.25, -0.2) is 4.98 Å². The Kier molecular flexibility index (Phi) is 2.59. The van der Waals surface area contributed by atoms with Crippen LogP contribution >= 0.6 is 0 Å². The lowest BCUT2D eigenvalue weighted by molar-refractivity contribution is 0.513. The van der Waals surface area contributed by atoms with E-state index < -0.39 is 0 Å². The third-order valence-electron chi connectivity index (χ3n) is 4.53. The molecule has 2 aliphatic rings. The second kappa shape index (κ2) is 4.33. The molecule has 2 aromatic rings. The highest BCUT2D eigenvalue weighted by atomic mass is 16.3. The lowest BCUT2D eigenvalue weighted by Crippen LogP contribution is -2.21. The summed E-state index contributed by atoms with van der Waals surface area (Å²) >= 11 is 0. The fourth-order valence-corrected chi connectivity index (χ4v) is 3.12. The normalized spacial score (nSPS) is 24.4. The summed E-state index contributed by atoms with van der Waals surface area (Å²) in [5.41, 5.74) is 1.82. The predicted octanol–water partition coefficient (Wildman–Crippen LogP) is 3.03. The van der Waals surface area contributed by atoms with E-state index in [1.165, 1.54) is 6.42 Å². The first kappa shape index (κ1) is 11.9. The minimum absolute atomic E-state index is 0.00226. The van der Waals surface area contributed by atoms with Crippen molar-refractivity contribution < 1.29 is 4.42 Å². The fraction of sp³-hybridized carbons (Fsp3) is 0.500. The van der Waals surface area contributed by atoms with E-state index in [2.05, 4.69) is 16.9 Å². The van der Waals surface area contributed by atoms with Crippen LogP contribution in [0, 0.1) is 5.92 Å². The number of hydrogen-bond donors (Lipinski definition) is 1. The third kappa shape index (κ3) is 1.90. The zero-order valence-corrected chi connectivity index (χ0v) is 11.6. The molecule has 2 aliphatic carbocycles. The van der Waals surface area contributed by atoms with Crippen LogP contribution < -0.4 is 5.56 Å². The Hall–Kier alpha value is -1.84. The van der Waals surface area contributed by atoms with Crippen LogP contribution in [0.15, 0.2) is 21.3 Å². The lowest BCUT2D eigenvalue weighted by atomic mass is 9.97. The maximum absolute atomic E-state index is 12.1. The van der Waals surface area contributed by atoms with Gasteiger partial charge in [0.1, 0.15) is 5.76 Å². The van der Waals surface area contributed by atoms with Crippen molar-refractivity contribution in [1.29, 1.82) is 0 Å². The molecule has 2 aromatic heterocycles. The number of rotatable bonds is 2. The number of aromatic nitrogens is 2. The summed E-state index contributed by atoms with van der Waals surface area (Å²) in [6.45, 7) is 2.23. The SMILES string of the molecule is CC1CC1c1ccc(-c2nc3c(c(=O)[nH]2)CCCC3)o1. The second-order valence-corrected chi connectivity index (χ2v) is 6.07. The summed E-state index contributed by atoms with van der Waals surface area (Å²) < 4.78 is 5.88. The van der Waals surface area contributed by atoms with E-state index in [-0.39, 0.29) is 5.56 Å². The predicted molar refractivity (Wildman–Crippen MR) is 75.7 cm³/mol. The zero-order chi connectivity index (χ0) is 13.7. The van der Waals surface area contributed by atoms with Gasteiger partial charge in [0.15, 0.2) is 11.6 Å². The number of hydrogen-bond acceptors (Lipinski definition) is 3. The highest BCUT2D eigenvalue weighted by molar-refractivity contribution is 5.48. The molecule has 0 aromatic carbocycles. The average molecular weight is 270 g/mol. The van der Waals surface area contributed by atoms with Crippen molar-refractivity contribution in [2.75, 3.05) is 0 Å². The highest BCUT2D eigenvalue weighted by Gasteiger charge is 2.36. The van der Waals surface area contributed by atoms with Gasteiger partial charge in [-0.15, -0.1) is 0 Å². The van der Waals surface area contributed by atoms with Gasteiger partial charge >= 0.3 is 0 Å². The van der Waals surface area contributed by atoms with Crippen LogP contribution in [-0.2, 0) is 12.8 Å². The van der Waals surface area contributed by atoms with Crippen molar-refractivity contribution in [1.82, 2.24) is 9.97 Å². The van der Waals surface area contributed by atoms with Crippen LogP contribution in [0.5, 0.6) is 0 Å². The minimum atomic E-state index is 0.00226. The number of aryl methyl sites for hydroxylation is 1. The second-order valence-electron chi connectivity index (χ2n) is 6.07. The molecule has 104 valence electrons. The summed E-state index contributed by atoms with van der Waals surface area (Å²) in [6.07, 6.45) is 5.15. The van der Waals surface area contributed by atoms with Crippen LogP contribution in [-0.4, -0.2) is 9.97 Å². The van der Waals surface area contributed by atoms with Gasteiger partial charge in [-0.1, -0.05) is 6.92 Å². The maximum atomic E-state index is 12.1. The molecule has 2 unspecified atom stereocenters. The third-order valence-corrected chi connectivity index (χ3v) is 4.53. The number of H-pyrrole nitrogens is 1. The first-order valence-electron chi connectivity index (χ1n) is 7.44. The van der Waals surface area contributed by atoms with Gasteiger partial charge in [0, 0.05) is 11.5 Å². The van der Waals surface area contributed by atoms with Crippen LogP contribution in [0.4, 0.5) is 0 Å². The molecule has 0 radical (unpaired) electrons. The summed E-state index contributed by atoms with van der Waals surface area (Å²) in [5.74, 6) is 3.55. The molecule has 0 saturated heterocycles. The van der Waals surface area contributed by atoms with Gasteiger partial charge in [-0.2, -0.15) is 0 Å². The van der Waals surface area contributed by atoms with Crippen molar-refractivity contribution >= 4 is 0 Å². The van der Waals surface area contributed by atoms with Crippen molar-refractivity contribution in [3.63, 3.8) is 0 Å². The molecule has 2 heterocycles. The van der Waals surface area contributed by atoms with Crippen LogP contribution in [0.25, 0.3) is 11.6 Å². The largest absolute Gasteiger partial charge is 0.458 e. The molecular formula is C16H18N2O2. The molecule has 0 amide bonds. The monoisotopic (exact) mass is 270 g/mol. The Morgan fingerprint density at radius 2 is 2.10 bits per heavy atom. The Morgan fingerprint density at radius 1 is 1.30 bits per heavy atom. The molecule has 0 spiro atoms. The number of furan rings is 1. The highest BCUT2D eigenvalue weighted by Crippen LogP contribution is 2.47. The summed E-state index contributed by atoms with van der Waals surface area (Å²) in [4.78, 5) is 19.6. The standard InChI is InChI=1S/C16H18N2O2/c1-9-8-11(9)13-6-7-14(20-13)15-17-12-5-3-2-4-10(12)16(19)18-15/h6-7,9,11H,2-5,8H2,1H3,(H,17,18,19). The number of fused-ring (bicyclic) bond motifs is 1. The first-order chi connectivity index (χ1) is 9.72. The van der Waals surface area contributed by atoms with E-state index in [0.29, 0.717) is 23.4 Å². The van der Waals surface area contributed by atoms with E-state index in [9.17, 15) is 4.79 Å². The molecule has 4 heteroatoms. The van der Waals surface area contributed by atoms with E-state index in [1.54, 1.807) is 0 Å². The Balaban J connectivity index is 1.73. The number of nitrogens with zero attached hydrogens (tertiary/aromatic N) is 1. The van der Waals surface area contributed by atoms with Gasteiger partial charge in [-0.3, -0.25) is 4.79 Å². The molecule has 0 bridgehead atoms.